The summed E-state index contributed by atoms with van der Waals surface area (Å²) in [7, 11) is 0. The summed E-state index contributed by atoms with van der Waals surface area (Å²) in [5.74, 6) is 1.01. The number of benzene rings is 2. The van der Waals surface area contributed by atoms with Crippen LogP contribution in [0.15, 0.2) is 55.1 Å². The van der Waals surface area contributed by atoms with Gasteiger partial charge in [-0.25, -0.2) is 19.4 Å². The van der Waals surface area contributed by atoms with E-state index in [4.69, 9.17) is 21.1 Å². The van der Waals surface area contributed by atoms with Crippen molar-refractivity contribution in [3.8, 4) is 16.9 Å². The number of carbonyl (C=O) groups excluding carboxylic acids is 1. The number of nitrogens with one attached hydrogen (secondary N) is 1. The molecule has 0 spiro atoms. The van der Waals surface area contributed by atoms with Crippen molar-refractivity contribution < 1.29 is 14.3 Å². The van der Waals surface area contributed by atoms with E-state index in [1.807, 2.05) is 52.0 Å². The predicted molar refractivity (Wildman–Crippen MR) is 150 cm³/mol. The molecule has 0 saturated heterocycles. The highest BCUT2D eigenvalue weighted by Crippen LogP contribution is 2.31. The lowest BCUT2D eigenvalue weighted by molar-refractivity contribution is 0.0224. The molecule has 208 valence electrons. The molecule has 2 aromatic carbocycles. The lowest BCUT2D eigenvalue weighted by Crippen LogP contribution is -2.39. The average molecular weight is 563 g/mol. The Kier molecular flexibility index (Phi) is 7.83. The first kappa shape index (κ1) is 27.3. The minimum absolute atomic E-state index is 0.202. The predicted octanol–water partition coefficient (Wildman–Crippen LogP) is 5.29. The van der Waals surface area contributed by atoms with Gasteiger partial charge in [-0.2, -0.15) is 0 Å². The topological polar surface area (TPSA) is 120 Å². The van der Waals surface area contributed by atoms with Crippen LogP contribution in [0.2, 0.25) is 5.02 Å². The van der Waals surface area contributed by atoms with E-state index in [0.717, 1.165) is 28.8 Å². The van der Waals surface area contributed by atoms with Crippen LogP contribution in [0.5, 0.6) is 5.75 Å². The summed E-state index contributed by atoms with van der Waals surface area (Å²) in [6.45, 7) is 9.15. The van der Waals surface area contributed by atoms with Crippen LogP contribution in [0, 0.1) is 0 Å². The fraction of sp³-hybridized carbons (Fsp3) is 0.357. The van der Waals surface area contributed by atoms with Crippen LogP contribution in [0.25, 0.3) is 11.1 Å². The fourth-order valence-corrected chi connectivity index (χ4v) is 4.50. The number of hydrogen-bond donors (Lipinski definition) is 1. The number of amides is 1. The first-order valence-electron chi connectivity index (χ1n) is 13.0. The third-order valence-electron chi connectivity index (χ3n) is 6.21. The molecule has 1 aliphatic heterocycles. The van der Waals surface area contributed by atoms with Gasteiger partial charge in [-0.15, -0.1) is 5.10 Å². The molecule has 5 rings (SSSR count). The molecule has 0 saturated carbocycles. The Hall–Kier alpha value is -4.25. The molecule has 0 radical (unpaired) electrons. The summed E-state index contributed by atoms with van der Waals surface area (Å²) in [6, 6.07) is 11.7. The van der Waals surface area contributed by atoms with Crippen LogP contribution in [0.3, 0.4) is 0 Å². The van der Waals surface area contributed by atoms with Gasteiger partial charge in [-0.1, -0.05) is 23.7 Å². The zero-order valence-corrected chi connectivity index (χ0v) is 23.6. The van der Waals surface area contributed by atoms with Crippen LogP contribution in [0.4, 0.5) is 16.4 Å². The molecule has 2 aromatic heterocycles. The Labute approximate surface area is 237 Å². The maximum absolute atomic E-state index is 12.5. The first-order valence-corrected chi connectivity index (χ1v) is 13.4. The molecule has 0 aliphatic carbocycles. The maximum atomic E-state index is 12.5. The van der Waals surface area contributed by atoms with Gasteiger partial charge >= 0.3 is 6.09 Å². The Bertz CT molecular complexity index is 1470. The maximum Gasteiger partial charge on any atom is 0.410 e. The molecule has 1 atom stereocenters. The van der Waals surface area contributed by atoms with Crippen LogP contribution in [-0.2, 0) is 24.2 Å². The second-order valence-corrected chi connectivity index (χ2v) is 11.1. The van der Waals surface area contributed by atoms with Gasteiger partial charge in [0, 0.05) is 36.7 Å². The number of rotatable bonds is 7. The molecule has 0 fully saturated rings. The van der Waals surface area contributed by atoms with E-state index in [1.165, 1.54) is 11.9 Å². The van der Waals surface area contributed by atoms with Gasteiger partial charge in [0.25, 0.3) is 0 Å². The number of anilines is 2. The molecule has 3 heterocycles. The van der Waals surface area contributed by atoms with Crippen molar-refractivity contribution in [1.82, 2.24) is 35.1 Å². The summed E-state index contributed by atoms with van der Waals surface area (Å²) in [5, 5.41) is 14.9. The Morgan fingerprint density at radius 3 is 2.62 bits per heavy atom. The van der Waals surface area contributed by atoms with Gasteiger partial charge in [0.2, 0.25) is 5.95 Å². The number of hydrogen-bond acceptors (Lipinski definition) is 9. The number of nitrogens with zero attached hydrogens (tertiary/aromatic N) is 7. The average Bonchev–Trinajstić information content (AvgIpc) is 3.42. The quantitative estimate of drug-likeness (QED) is 0.320. The lowest BCUT2D eigenvalue weighted by Gasteiger charge is -2.31. The molecule has 40 heavy (non-hydrogen) atoms. The molecule has 1 unspecified atom stereocenters. The van der Waals surface area contributed by atoms with Crippen LogP contribution in [0.1, 0.15) is 38.8 Å². The number of tetrazole rings is 1. The van der Waals surface area contributed by atoms with E-state index in [-0.39, 0.29) is 12.2 Å². The van der Waals surface area contributed by atoms with Crippen molar-refractivity contribution in [3.63, 3.8) is 0 Å². The molecule has 12 heteroatoms. The van der Waals surface area contributed by atoms with Gasteiger partial charge in [0.05, 0.1) is 11.6 Å². The van der Waals surface area contributed by atoms with Gasteiger partial charge < -0.3 is 19.7 Å². The number of fused-ring (bicyclic) bond motifs is 1. The molecule has 0 bridgehead atoms. The third-order valence-corrected chi connectivity index (χ3v) is 6.52. The van der Waals surface area contributed by atoms with E-state index in [9.17, 15) is 4.79 Å². The van der Waals surface area contributed by atoms with E-state index in [1.54, 1.807) is 28.0 Å². The Morgan fingerprint density at radius 2 is 1.90 bits per heavy atom. The van der Waals surface area contributed by atoms with Gasteiger partial charge in [-0.05, 0) is 85.5 Å². The number of ether oxygens (including phenoxy) is 2. The van der Waals surface area contributed by atoms with E-state index in [2.05, 4.69) is 36.9 Å². The minimum Gasteiger partial charge on any atom is -0.487 e. The number of aromatic nitrogens is 6. The van der Waals surface area contributed by atoms with Gasteiger partial charge in [0.15, 0.2) is 0 Å². The van der Waals surface area contributed by atoms with Crippen molar-refractivity contribution in [3.05, 3.63) is 71.3 Å². The molecular formula is C28H31ClN8O3. The highest BCUT2D eigenvalue weighted by atomic mass is 35.5. The van der Waals surface area contributed by atoms with Gasteiger partial charge in [-0.3, -0.25) is 0 Å². The summed E-state index contributed by atoms with van der Waals surface area (Å²) in [5.41, 5.74) is 4.29. The van der Waals surface area contributed by atoms with Crippen molar-refractivity contribution in [2.75, 3.05) is 11.9 Å². The molecular weight excluding hydrogens is 532 g/mol. The van der Waals surface area contributed by atoms with Crippen molar-refractivity contribution in [1.29, 1.82) is 0 Å². The summed E-state index contributed by atoms with van der Waals surface area (Å²) >= 11 is 6.39. The highest BCUT2D eigenvalue weighted by Gasteiger charge is 2.26. The number of halogens is 1. The fourth-order valence-electron chi connectivity index (χ4n) is 4.34. The molecule has 4 aromatic rings. The van der Waals surface area contributed by atoms with Crippen molar-refractivity contribution in [2.45, 2.75) is 58.9 Å². The summed E-state index contributed by atoms with van der Waals surface area (Å²) < 4.78 is 13.2. The van der Waals surface area contributed by atoms with E-state index in [0.29, 0.717) is 36.4 Å². The SMILES string of the molecule is CC(Cn1cnnn1)Oc1cc(-c2cnc(Nc3ccc4c(c3)CN(C(=O)OC(C)(C)C)CC4)nc2)ccc1Cl. The second-order valence-electron chi connectivity index (χ2n) is 10.7. The van der Waals surface area contributed by atoms with Crippen molar-refractivity contribution >= 4 is 29.3 Å². The lowest BCUT2D eigenvalue weighted by atomic mass is 9.99. The number of carbonyl (C=O) groups is 1. The molecule has 11 nitrogen and oxygen atoms in total. The first-order chi connectivity index (χ1) is 19.1. The molecule has 1 N–H and O–H groups in total. The summed E-state index contributed by atoms with van der Waals surface area (Å²) in [6.07, 6.45) is 5.31. The Morgan fingerprint density at radius 1 is 1.10 bits per heavy atom. The summed E-state index contributed by atoms with van der Waals surface area (Å²) in [4.78, 5) is 23.3. The largest absolute Gasteiger partial charge is 0.487 e. The normalized spacial score (nSPS) is 13.9. The van der Waals surface area contributed by atoms with Crippen LogP contribution >= 0.6 is 11.6 Å². The zero-order valence-electron chi connectivity index (χ0n) is 22.8. The zero-order chi connectivity index (χ0) is 28.3. The van der Waals surface area contributed by atoms with Crippen LogP contribution < -0.4 is 10.1 Å². The van der Waals surface area contributed by atoms with Crippen molar-refractivity contribution in [2.24, 2.45) is 0 Å². The second kappa shape index (κ2) is 11.5. The van der Waals surface area contributed by atoms with E-state index >= 15 is 0 Å². The smallest absolute Gasteiger partial charge is 0.410 e. The highest BCUT2D eigenvalue weighted by molar-refractivity contribution is 6.32. The van der Waals surface area contributed by atoms with E-state index < -0.39 is 5.60 Å². The molecule has 1 aliphatic rings. The minimum atomic E-state index is -0.528. The molecule has 1 amide bonds. The Balaban J connectivity index is 1.24. The monoisotopic (exact) mass is 562 g/mol. The van der Waals surface area contributed by atoms with Crippen LogP contribution in [-0.4, -0.2) is 59.4 Å². The third kappa shape index (κ3) is 6.84. The van der Waals surface area contributed by atoms with Gasteiger partial charge in [0.1, 0.15) is 23.8 Å². The standard InChI is InChI=1S/C28H31ClN8O3/c1-18(15-37-17-32-34-35-37)39-25-12-20(6-8-24(25)29)22-13-30-26(31-14-22)33-23-7-5-19-9-10-36(16-21(19)11-23)27(38)40-28(2,3)4/h5-8,11-14,17-18H,9-10,15-16H2,1-4H3,(H,30,31,33).